The van der Waals surface area contributed by atoms with Crippen LogP contribution in [-0.4, -0.2) is 22.9 Å². The third-order valence-corrected chi connectivity index (χ3v) is 2.76. The largest absolute Gasteiger partial charge is 0.377 e. The molecule has 102 valence electrons. The minimum absolute atomic E-state index is 0.133. The molecular formula is C14H19N3O2. The first kappa shape index (κ1) is 13.7. The van der Waals surface area contributed by atoms with Gasteiger partial charge in [-0.2, -0.15) is 4.98 Å². The molecule has 0 fully saturated rings. The van der Waals surface area contributed by atoms with Crippen LogP contribution in [0.5, 0.6) is 0 Å². The van der Waals surface area contributed by atoms with E-state index in [2.05, 4.69) is 10.1 Å². The predicted molar refractivity (Wildman–Crippen MR) is 72.5 cm³/mol. The molecule has 0 amide bonds. The van der Waals surface area contributed by atoms with Crippen LogP contribution in [0.3, 0.4) is 0 Å². The highest BCUT2D eigenvalue weighted by molar-refractivity contribution is 5.57. The maximum Gasteiger partial charge on any atom is 0.258 e. The van der Waals surface area contributed by atoms with Gasteiger partial charge in [-0.05, 0) is 32.4 Å². The summed E-state index contributed by atoms with van der Waals surface area (Å²) in [5.74, 6) is 0.965. The summed E-state index contributed by atoms with van der Waals surface area (Å²) in [5, 5.41) is 3.92. The van der Waals surface area contributed by atoms with Crippen LogP contribution >= 0.6 is 0 Å². The van der Waals surface area contributed by atoms with Crippen molar-refractivity contribution in [3.8, 4) is 11.5 Å². The molecular weight excluding hydrogens is 242 g/mol. The molecule has 0 aliphatic carbocycles. The number of hydrogen-bond donors (Lipinski definition) is 1. The van der Waals surface area contributed by atoms with E-state index in [1.807, 2.05) is 45.0 Å². The Kier molecular flexibility index (Phi) is 4.29. The third-order valence-electron chi connectivity index (χ3n) is 2.76. The molecule has 2 N–H and O–H groups in total. The van der Waals surface area contributed by atoms with E-state index in [1.165, 1.54) is 0 Å². The SMILES string of the molecule is Cc1ccccc1-c1nc(C(N)COC(C)C)no1. The molecule has 0 radical (unpaired) electrons. The average Bonchev–Trinajstić information content (AvgIpc) is 2.86. The third kappa shape index (κ3) is 3.39. The van der Waals surface area contributed by atoms with Crippen molar-refractivity contribution < 1.29 is 9.26 Å². The lowest BCUT2D eigenvalue weighted by Gasteiger charge is -2.10. The summed E-state index contributed by atoms with van der Waals surface area (Å²) in [7, 11) is 0. The highest BCUT2D eigenvalue weighted by atomic mass is 16.5. The maximum absolute atomic E-state index is 5.96. The first-order valence-electron chi connectivity index (χ1n) is 6.34. The number of hydrogen-bond acceptors (Lipinski definition) is 5. The Morgan fingerprint density at radius 2 is 2.05 bits per heavy atom. The van der Waals surface area contributed by atoms with Gasteiger partial charge in [-0.15, -0.1) is 0 Å². The van der Waals surface area contributed by atoms with Crippen molar-refractivity contribution in [3.63, 3.8) is 0 Å². The van der Waals surface area contributed by atoms with Crippen molar-refractivity contribution in [2.75, 3.05) is 6.61 Å². The second-order valence-electron chi connectivity index (χ2n) is 4.76. The number of benzene rings is 1. The molecule has 1 aromatic heterocycles. The molecule has 19 heavy (non-hydrogen) atoms. The van der Waals surface area contributed by atoms with E-state index < -0.39 is 0 Å². The van der Waals surface area contributed by atoms with Gasteiger partial charge in [0.05, 0.1) is 18.8 Å². The molecule has 5 nitrogen and oxygen atoms in total. The normalized spacial score (nSPS) is 12.9. The fourth-order valence-corrected chi connectivity index (χ4v) is 1.68. The van der Waals surface area contributed by atoms with Crippen LogP contribution in [0.4, 0.5) is 0 Å². The van der Waals surface area contributed by atoms with E-state index in [-0.39, 0.29) is 12.1 Å². The number of ether oxygens (including phenoxy) is 1. The fraction of sp³-hybridized carbons (Fsp3) is 0.429. The molecule has 1 heterocycles. The van der Waals surface area contributed by atoms with Crippen LogP contribution in [-0.2, 0) is 4.74 Å². The quantitative estimate of drug-likeness (QED) is 0.895. The van der Waals surface area contributed by atoms with Crippen LogP contribution in [0, 0.1) is 6.92 Å². The van der Waals surface area contributed by atoms with E-state index in [0.29, 0.717) is 18.3 Å². The van der Waals surface area contributed by atoms with Crippen LogP contribution in [0.15, 0.2) is 28.8 Å². The zero-order valence-corrected chi connectivity index (χ0v) is 11.5. The van der Waals surface area contributed by atoms with Crippen molar-refractivity contribution in [2.24, 2.45) is 5.73 Å². The number of aryl methyl sites for hydroxylation is 1. The smallest absolute Gasteiger partial charge is 0.258 e. The summed E-state index contributed by atoms with van der Waals surface area (Å²) < 4.78 is 10.7. The number of nitrogens with two attached hydrogens (primary N) is 1. The number of rotatable bonds is 5. The molecule has 5 heteroatoms. The second-order valence-corrected chi connectivity index (χ2v) is 4.76. The van der Waals surface area contributed by atoms with E-state index in [9.17, 15) is 0 Å². The van der Waals surface area contributed by atoms with Gasteiger partial charge in [0, 0.05) is 5.56 Å². The molecule has 1 aromatic carbocycles. The van der Waals surface area contributed by atoms with E-state index in [4.69, 9.17) is 15.0 Å². The average molecular weight is 261 g/mol. The summed E-state index contributed by atoms with van der Waals surface area (Å²) in [5.41, 5.74) is 7.98. The van der Waals surface area contributed by atoms with Crippen molar-refractivity contribution >= 4 is 0 Å². The van der Waals surface area contributed by atoms with E-state index >= 15 is 0 Å². The Morgan fingerprint density at radius 1 is 1.32 bits per heavy atom. The summed E-state index contributed by atoms with van der Waals surface area (Å²) in [4.78, 5) is 4.34. The lowest BCUT2D eigenvalue weighted by atomic mass is 10.1. The van der Waals surface area contributed by atoms with Gasteiger partial charge in [-0.3, -0.25) is 0 Å². The summed E-state index contributed by atoms with van der Waals surface area (Å²) in [6.07, 6.45) is 0.133. The predicted octanol–water partition coefficient (Wildman–Crippen LogP) is 2.47. The molecule has 0 saturated heterocycles. The number of nitrogens with zero attached hydrogens (tertiary/aromatic N) is 2. The van der Waals surface area contributed by atoms with Crippen molar-refractivity contribution in [1.29, 1.82) is 0 Å². The Balaban J connectivity index is 2.13. The first-order chi connectivity index (χ1) is 9.08. The summed E-state index contributed by atoms with van der Waals surface area (Å²) >= 11 is 0. The van der Waals surface area contributed by atoms with Gasteiger partial charge in [-0.1, -0.05) is 23.4 Å². The zero-order chi connectivity index (χ0) is 13.8. The molecule has 0 aliphatic rings. The fourth-order valence-electron chi connectivity index (χ4n) is 1.68. The number of aromatic nitrogens is 2. The van der Waals surface area contributed by atoms with Crippen LogP contribution in [0.25, 0.3) is 11.5 Å². The molecule has 2 rings (SSSR count). The minimum Gasteiger partial charge on any atom is -0.377 e. The van der Waals surface area contributed by atoms with Gasteiger partial charge in [0.15, 0.2) is 5.82 Å². The van der Waals surface area contributed by atoms with Gasteiger partial charge in [0.1, 0.15) is 0 Å². The summed E-state index contributed by atoms with van der Waals surface area (Å²) in [6, 6.07) is 7.49. The molecule has 1 atom stereocenters. The minimum atomic E-state index is -0.371. The lowest BCUT2D eigenvalue weighted by Crippen LogP contribution is -2.20. The molecule has 0 saturated carbocycles. The van der Waals surface area contributed by atoms with Crippen molar-refractivity contribution in [3.05, 3.63) is 35.7 Å². The Morgan fingerprint density at radius 3 is 2.74 bits per heavy atom. The van der Waals surface area contributed by atoms with Crippen LogP contribution < -0.4 is 5.73 Å². The monoisotopic (exact) mass is 261 g/mol. The molecule has 2 aromatic rings. The lowest BCUT2D eigenvalue weighted by molar-refractivity contribution is 0.0665. The highest BCUT2D eigenvalue weighted by Crippen LogP contribution is 2.22. The highest BCUT2D eigenvalue weighted by Gasteiger charge is 2.16. The first-order valence-corrected chi connectivity index (χ1v) is 6.34. The molecule has 1 unspecified atom stereocenters. The van der Waals surface area contributed by atoms with Gasteiger partial charge in [0.2, 0.25) is 0 Å². The zero-order valence-electron chi connectivity index (χ0n) is 11.5. The second kappa shape index (κ2) is 5.95. The van der Waals surface area contributed by atoms with Crippen LogP contribution in [0.2, 0.25) is 0 Å². The van der Waals surface area contributed by atoms with E-state index in [1.54, 1.807) is 0 Å². The Labute approximate surface area is 112 Å². The van der Waals surface area contributed by atoms with Crippen molar-refractivity contribution in [2.45, 2.75) is 32.9 Å². The standard InChI is InChI=1S/C14H19N3O2/c1-9(2)18-8-12(15)13-16-14(19-17-13)11-7-5-4-6-10(11)3/h4-7,9,12H,8,15H2,1-3H3. The van der Waals surface area contributed by atoms with Crippen molar-refractivity contribution in [1.82, 2.24) is 10.1 Å². The van der Waals surface area contributed by atoms with Gasteiger partial charge >= 0.3 is 0 Å². The van der Waals surface area contributed by atoms with Gasteiger partial charge in [-0.25, -0.2) is 0 Å². The van der Waals surface area contributed by atoms with Gasteiger partial charge < -0.3 is 15.0 Å². The van der Waals surface area contributed by atoms with Gasteiger partial charge in [0.25, 0.3) is 5.89 Å². The summed E-state index contributed by atoms with van der Waals surface area (Å²) in [6.45, 7) is 6.30. The maximum atomic E-state index is 5.96. The Bertz CT molecular complexity index is 537. The Hall–Kier alpha value is -1.72. The molecule has 0 spiro atoms. The van der Waals surface area contributed by atoms with Crippen LogP contribution in [0.1, 0.15) is 31.3 Å². The topological polar surface area (TPSA) is 74.2 Å². The molecule has 0 bridgehead atoms. The van der Waals surface area contributed by atoms with E-state index in [0.717, 1.165) is 11.1 Å². The molecule has 0 aliphatic heterocycles.